The first-order chi connectivity index (χ1) is 28.4. The van der Waals surface area contributed by atoms with Gasteiger partial charge in [-0.25, -0.2) is 14.4 Å². The van der Waals surface area contributed by atoms with Crippen LogP contribution in [0.1, 0.15) is 97.1 Å². The van der Waals surface area contributed by atoms with Crippen LogP contribution < -0.4 is 5.32 Å². The highest BCUT2D eigenvalue weighted by atomic mass is 16.6. The number of aliphatic hydroxyl groups is 3. The summed E-state index contributed by atoms with van der Waals surface area (Å²) in [5.74, 6) is -6.30. The van der Waals surface area contributed by atoms with Crippen LogP contribution in [0.3, 0.4) is 0 Å². The number of alkyl carbamates (subject to hydrolysis) is 1. The molecular weight excluding hydrogens is 794 g/mol. The molecule has 16 heteroatoms. The molecule has 16 nitrogen and oxygen atoms in total. The molecule has 0 spiro atoms. The van der Waals surface area contributed by atoms with Gasteiger partial charge in [0.05, 0.1) is 35.6 Å². The number of ether oxygens (including phenoxy) is 6. The number of Topliss-reactive ketones (excluding diaryl/α,β-unsaturated/α-hetero) is 1. The van der Waals surface area contributed by atoms with Gasteiger partial charge in [0.1, 0.15) is 29.5 Å². The van der Waals surface area contributed by atoms with E-state index >= 15 is 4.79 Å². The van der Waals surface area contributed by atoms with Gasteiger partial charge in [-0.1, -0.05) is 62.4 Å². The van der Waals surface area contributed by atoms with E-state index < -0.39 is 118 Å². The lowest BCUT2D eigenvalue weighted by Crippen LogP contribution is -2.82. The third kappa shape index (κ3) is 7.94. The largest absolute Gasteiger partial charge is 0.456 e. The number of carbonyl (C=O) groups excluding carboxylic acids is 6. The van der Waals surface area contributed by atoms with Crippen LogP contribution in [0, 0.1) is 16.7 Å². The van der Waals surface area contributed by atoms with E-state index in [1.807, 2.05) is 0 Å². The van der Waals surface area contributed by atoms with Gasteiger partial charge in [0, 0.05) is 32.1 Å². The minimum absolute atomic E-state index is 0.0126. The Morgan fingerprint density at radius 2 is 1.51 bits per heavy atom. The highest BCUT2D eigenvalue weighted by Gasteiger charge is 2.78. The number of hydrogen-bond donors (Lipinski definition) is 4. The van der Waals surface area contributed by atoms with Crippen LogP contribution in [-0.2, 0) is 47.6 Å². The third-order valence-electron chi connectivity index (χ3n) is 12.8. The van der Waals surface area contributed by atoms with Gasteiger partial charge < -0.3 is 49.1 Å². The number of amides is 1. The summed E-state index contributed by atoms with van der Waals surface area (Å²) in [6.45, 7) is 12.9. The molecular formula is C45H55NO15. The molecule has 61 heavy (non-hydrogen) atoms. The maximum Gasteiger partial charge on any atom is 0.408 e. The van der Waals surface area contributed by atoms with Crippen molar-refractivity contribution >= 4 is 35.8 Å². The monoisotopic (exact) mass is 849 g/mol. The maximum absolute atomic E-state index is 15.5. The molecule has 2 aromatic carbocycles. The van der Waals surface area contributed by atoms with Crippen LogP contribution >= 0.6 is 0 Å². The first kappa shape index (κ1) is 45.4. The molecule has 4 N–H and O–H groups in total. The molecule has 0 radical (unpaired) electrons. The predicted octanol–water partition coefficient (Wildman–Crippen LogP) is 3.83. The standard InChI is InChI=1S/C45H55NO15/c1-23-28(58-39(53)33(50)32(26-16-12-10-13-17-26)46-40(54)61-41(4,5)6)21-45(55)37(59-38(52)27-18-14-11-15-19-27)35-43(9,29(49)20-30-44(35,22-56-30)60-25(3)48)36(51)34(57-24(2)47)31(23)42(45,7)8/h10-19,28-30,32-35,37,49-50,55H,20-22H2,1-9H3,(H,46,54)/t28-,29+,30-,32-,33+,34-,35+,37-,43+,44+,45-/m0/s1. The number of carbonyl (C=O) groups is 6. The fourth-order valence-electron chi connectivity index (χ4n) is 9.80. The molecule has 3 aliphatic carbocycles. The zero-order valence-corrected chi connectivity index (χ0v) is 35.8. The Balaban J connectivity index is 1.54. The van der Waals surface area contributed by atoms with Crippen molar-refractivity contribution in [2.75, 3.05) is 6.61 Å². The molecule has 4 aliphatic rings. The predicted molar refractivity (Wildman–Crippen MR) is 213 cm³/mol. The summed E-state index contributed by atoms with van der Waals surface area (Å²) in [5.41, 5.74) is -8.30. The molecule has 1 amide bonds. The Labute approximate surface area is 353 Å². The second-order valence-corrected chi connectivity index (χ2v) is 18.2. The molecule has 2 saturated carbocycles. The van der Waals surface area contributed by atoms with Crippen molar-refractivity contribution in [1.29, 1.82) is 0 Å². The average molecular weight is 850 g/mol. The molecule has 2 bridgehead atoms. The molecule has 0 unspecified atom stereocenters. The molecule has 1 aliphatic heterocycles. The molecule has 6 rings (SSSR count). The molecule has 11 atom stereocenters. The van der Waals surface area contributed by atoms with Gasteiger partial charge >= 0.3 is 30.0 Å². The van der Waals surface area contributed by atoms with Crippen molar-refractivity contribution in [3.8, 4) is 0 Å². The van der Waals surface area contributed by atoms with Crippen molar-refractivity contribution in [2.45, 2.75) is 135 Å². The third-order valence-corrected chi connectivity index (χ3v) is 12.8. The van der Waals surface area contributed by atoms with E-state index in [4.69, 9.17) is 28.4 Å². The second-order valence-electron chi connectivity index (χ2n) is 18.2. The van der Waals surface area contributed by atoms with Crippen LogP contribution in [0.25, 0.3) is 0 Å². The minimum atomic E-state index is -2.40. The van der Waals surface area contributed by atoms with Crippen LogP contribution in [-0.4, -0.2) is 111 Å². The topological polar surface area (TPSA) is 231 Å². The Hall–Kier alpha value is -5.16. The van der Waals surface area contributed by atoms with E-state index in [2.05, 4.69) is 5.32 Å². The van der Waals surface area contributed by atoms with Crippen molar-refractivity contribution in [3.63, 3.8) is 0 Å². The van der Waals surface area contributed by atoms with E-state index in [1.54, 1.807) is 83.1 Å². The molecule has 1 heterocycles. The van der Waals surface area contributed by atoms with Gasteiger partial charge in [0.15, 0.2) is 23.6 Å². The van der Waals surface area contributed by atoms with Gasteiger partial charge in [-0.15, -0.1) is 0 Å². The summed E-state index contributed by atoms with van der Waals surface area (Å²) in [4.78, 5) is 82.9. The van der Waals surface area contributed by atoms with E-state index in [1.165, 1.54) is 26.0 Å². The summed E-state index contributed by atoms with van der Waals surface area (Å²) < 4.78 is 35.6. The van der Waals surface area contributed by atoms with Crippen LogP contribution in [0.2, 0.25) is 0 Å². The number of benzene rings is 2. The van der Waals surface area contributed by atoms with Gasteiger partial charge in [0.25, 0.3) is 0 Å². The highest BCUT2D eigenvalue weighted by molar-refractivity contribution is 5.95. The summed E-state index contributed by atoms with van der Waals surface area (Å²) in [6.07, 6.45) is -11.5. The van der Waals surface area contributed by atoms with E-state index in [9.17, 15) is 39.3 Å². The molecule has 2 aromatic rings. The van der Waals surface area contributed by atoms with Crippen molar-refractivity contribution in [2.24, 2.45) is 16.7 Å². The van der Waals surface area contributed by atoms with Gasteiger partial charge in [0.2, 0.25) is 0 Å². The molecule has 1 saturated heterocycles. The number of hydrogen-bond acceptors (Lipinski definition) is 15. The fourth-order valence-corrected chi connectivity index (χ4v) is 9.80. The minimum Gasteiger partial charge on any atom is -0.456 e. The van der Waals surface area contributed by atoms with Gasteiger partial charge in [-0.05, 0) is 63.5 Å². The first-order valence-corrected chi connectivity index (χ1v) is 20.2. The zero-order valence-electron chi connectivity index (χ0n) is 35.8. The van der Waals surface area contributed by atoms with Crippen LogP contribution in [0.15, 0.2) is 71.8 Å². The maximum atomic E-state index is 15.5. The number of nitrogens with one attached hydrogen (secondary N) is 1. The molecule has 3 fully saturated rings. The van der Waals surface area contributed by atoms with Crippen molar-refractivity contribution < 1.29 is 72.5 Å². The lowest BCUT2D eigenvalue weighted by atomic mass is 9.44. The van der Waals surface area contributed by atoms with Crippen molar-refractivity contribution in [3.05, 3.63) is 82.9 Å². The van der Waals surface area contributed by atoms with Gasteiger partial charge in [-0.2, -0.15) is 0 Å². The Kier molecular flexibility index (Phi) is 12.1. The number of esters is 4. The second kappa shape index (κ2) is 16.3. The molecule has 0 aromatic heterocycles. The van der Waals surface area contributed by atoms with Crippen molar-refractivity contribution in [1.82, 2.24) is 5.32 Å². The Morgan fingerprint density at radius 3 is 2.05 bits per heavy atom. The van der Waals surface area contributed by atoms with E-state index in [-0.39, 0.29) is 29.7 Å². The first-order valence-electron chi connectivity index (χ1n) is 20.2. The summed E-state index contributed by atoms with van der Waals surface area (Å²) in [7, 11) is 0. The van der Waals surface area contributed by atoms with E-state index in [0.717, 1.165) is 13.8 Å². The smallest absolute Gasteiger partial charge is 0.408 e. The number of rotatable bonds is 9. The fraction of sp³-hybridized carbons (Fsp3) is 0.556. The van der Waals surface area contributed by atoms with Gasteiger partial charge in [-0.3, -0.25) is 14.4 Å². The highest BCUT2D eigenvalue weighted by Crippen LogP contribution is 2.64. The lowest BCUT2D eigenvalue weighted by Gasteiger charge is -2.67. The Bertz CT molecular complexity index is 2100. The summed E-state index contributed by atoms with van der Waals surface area (Å²) in [5, 5.41) is 39.9. The number of fused-ring (bicyclic) bond motifs is 5. The number of ketones is 1. The van der Waals surface area contributed by atoms with E-state index in [0.29, 0.717) is 5.56 Å². The normalized spacial score (nSPS) is 32.5. The van der Waals surface area contributed by atoms with Crippen LogP contribution in [0.5, 0.6) is 0 Å². The quantitative estimate of drug-likeness (QED) is 0.160. The summed E-state index contributed by atoms with van der Waals surface area (Å²) in [6, 6.07) is 14.5. The molecule has 330 valence electrons. The lowest BCUT2D eigenvalue weighted by molar-refractivity contribution is -0.346. The summed E-state index contributed by atoms with van der Waals surface area (Å²) >= 11 is 0. The van der Waals surface area contributed by atoms with Crippen LogP contribution in [0.4, 0.5) is 4.79 Å². The SMILES string of the molecule is CC(=O)O[C@@H]1C(=O)[C@]2(C)[C@H](O)C[C@@H]3OC[C@]3(OC(C)=O)[C@@H]2[C@H](OC(=O)c2ccccc2)[C@@]2(O)C[C@H](OC(=O)[C@H](O)[C@@H](NC(=O)OC(C)(C)C)c3ccccc3)C(C)=C1C2(C)C. The Morgan fingerprint density at radius 1 is 0.902 bits per heavy atom. The number of aliphatic hydroxyl groups excluding tert-OH is 2. The zero-order chi connectivity index (χ0) is 45.0. The average Bonchev–Trinajstić information content (AvgIpc) is 3.17.